The highest BCUT2D eigenvalue weighted by Gasteiger charge is 2.21. The molecule has 2 aromatic rings. The van der Waals surface area contributed by atoms with E-state index in [-0.39, 0.29) is 16.9 Å². The van der Waals surface area contributed by atoms with Crippen LogP contribution >= 0.6 is 0 Å². The lowest BCUT2D eigenvalue weighted by molar-refractivity contribution is -0.386. The molecule has 8 nitrogen and oxygen atoms in total. The van der Waals surface area contributed by atoms with E-state index in [4.69, 9.17) is 4.74 Å². The summed E-state index contributed by atoms with van der Waals surface area (Å²) in [7, 11) is 0. The predicted molar refractivity (Wildman–Crippen MR) is 104 cm³/mol. The van der Waals surface area contributed by atoms with Gasteiger partial charge in [-0.2, -0.15) is 0 Å². The lowest BCUT2D eigenvalue weighted by Crippen LogP contribution is -2.47. The van der Waals surface area contributed by atoms with Crippen molar-refractivity contribution < 1.29 is 19.2 Å². The minimum atomic E-state index is -1.05. The molecule has 0 aliphatic heterocycles. The van der Waals surface area contributed by atoms with Crippen molar-refractivity contribution in [3.05, 3.63) is 69.8 Å². The Morgan fingerprint density at radius 2 is 1.64 bits per heavy atom. The highest BCUT2D eigenvalue weighted by atomic mass is 16.6. The van der Waals surface area contributed by atoms with E-state index in [1.807, 2.05) is 12.1 Å². The van der Waals surface area contributed by atoms with Gasteiger partial charge in [0.25, 0.3) is 11.8 Å². The number of ether oxygens (including phenoxy) is 1. The van der Waals surface area contributed by atoms with Crippen LogP contribution in [0.15, 0.2) is 48.5 Å². The van der Waals surface area contributed by atoms with Crippen molar-refractivity contribution in [2.45, 2.75) is 39.2 Å². The summed E-state index contributed by atoms with van der Waals surface area (Å²) in [5.41, 5.74) is 5.77. The molecule has 1 atom stereocenters. The Labute approximate surface area is 163 Å². The first kappa shape index (κ1) is 20.9. The van der Waals surface area contributed by atoms with E-state index in [1.54, 1.807) is 18.2 Å². The van der Waals surface area contributed by atoms with Gasteiger partial charge in [-0.25, -0.2) is 0 Å². The van der Waals surface area contributed by atoms with Gasteiger partial charge in [0.05, 0.1) is 4.92 Å². The van der Waals surface area contributed by atoms with Gasteiger partial charge < -0.3 is 4.74 Å². The number of hydrogen-bond donors (Lipinski definition) is 2. The highest BCUT2D eigenvalue weighted by molar-refractivity contribution is 5.95. The number of nitrogens with one attached hydrogen (secondary N) is 2. The van der Waals surface area contributed by atoms with Gasteiger partial charge in [-0.3, -0.25) is 30.6 Å². The smallest absolute Gasteiger partial charge is 0.310 e. The van der Waals surface area contributed by atoms with E-state index >= 15 is 0 Å². The van der Waals surface area contributed by atoms with E-state index < -0.39 is 22.8 Å². The van der Waals surface area contributed by atoms with E-state index in [0.29, 0.717) is 5.56 Å². The zero-order valence-electron chi connectivity index (χ0n) is 16.2. The maximum Gasteiger partial charge on any atom is 0.310 e. The Kier molecular flexibility index (Phi) is 6.35. The molecule has 0 saturated heterocycles. The van der Waals surface area contributed by atoms with Gasteiger partial charge in [0.1, 0.15) is 0 Å². The van der Waals surface area contributed by atoms with Crippen LogP contribution in [-0.2, 0) is 10.2 Å². The third-order valence-electron chi connectivity index (χ3n) is 4.05. The molecule has 0 aliphatic rings. The first-order valence-corrected chi connectivity index (χ1v) is 8.70. The maximum atomic E-state index is 12.2. The fraction of sp³-hybridized carbons (Fsp3) is 0.300. The van der Waals surface area contributed by atoms with Gasteiger partial charge in [-0.1, -0.05) is 45.0 Å². The van der Waals surface area contributed by atoms with Gasteiger partial charge in [0.15, 0.2) is 11.9 Å². The van der Waals surface area contributed by atoms with Crippen LogP contribution < -0.4 is 15.6 Å². The molecular weight excluding hydrogens is 362 g/mol. The molecule has 0 unspecified atom stereocenters. The van der Waals surface area contributed by atoms with E-state index in [0.717, 1.165) is 5.56 Å². The van der Waals surface area contributed by atoms with Crippen LogP contribution in [0.3, 0.4) is 0 Å². The Morgan fingerprint density at radius 1 is 1.04 bits per heavy atom. The molecule has 0 heterocycles. The number of benzene rings is 2. The molecule has 0 saturated carbocycles. The Hall–Kier alpha value is -3.42. The summed E-state index contributed by atoms with van der Waals surface area (Å²) < 4.78 is 5.35. The molecule has 0 bridgehead atoms. The third-order valence-corrected chi connectivity index (χ3v) is 4.05. The Bertz CT molecular complexity index is 872. The number of rotatable bonds is 5. The average molecular weight is 385 g/mol. The molecule has 0 aromatic heterocycles. The van der Waals surface area contributed by atoms with Gasteiger partial charge >= 0.3 is 5.69 Å². The van der Waals surface area contributed by atoms with Gasteiger partial charge in [0, 0.05) is 11.6 Å². The van der Waals surface area contributed by atoms with E-state index in [2.05, 4.69) is 31.6 Å². The summed E-state index contributed by atoms with van der Waals surface area (Å²) in [6.07, 6.45) is -1.05. The second-order valence-corrected chi connectivity index (χ2v) is 7.26. The molecule has 0 fully saturated rings. The SMILES string of the molecule is C[C@H](Oc1ccccc1[N+](=O)[O-])C(=O)NNC(=O)c1ccc(C(C)(C)C)cc1. The first-order chi connectivity index (χ1) is 13.1. The Morgan fingerprint density at radius 3 is 2.21 bits per heavy atom. The quantitative estimate of drug-likeness (QED) is 0.607. The summed E-state index contributed by atoms with van der Waals surface area (Å²) in [4.78, 5) is 34.7. The second-order valence-electron chi connectivity index (χ2n) is 7.26. The number of nitro benzene ring substituents is 1. The van der Waals surface area contributed by atoms with Crippen LogP contribution in [0.1, 0.15) is 43.6 Å². The van der Waals surface area contributed by atoms with Crippen LogP contribution in [0.5, 0.6) is 5.75 Å². The van der Waals surface area contributed by atoms with Crippen LogP contribution in [0.2, 0.25) is 0 Å². The number of carbonyl (C=O) groups is 2. The molecule has 0 aliphatic carbocycles. The van der Waals surface area contributed by atoms with Crippen molar-refractivity contribution in [3.63, 3.8) is 0 Å². The fourth-order valence-corrected chi connectivity index (χ4v) is 2.37. The van der Waals surface area contributed by atoms with Crippen LogP contribution in [0, 0.1) is 10.1 Å². The van der Waals surface area contributed by atoms with Crippen molar-refractivity contribution in [1.82, 2.24) is 10.9 Å². The largest absolute Gasteiger partial charge is 0.474 e. The zero-order valence-corrected chi connectivity index (χ0v) is 16.2. The minimum absolute atomic E-state index is 0.0285. The van der Waals surface area contributed by atoms with Gasteiger partial charge in [-0.05, 0) is 36.1 Å². The van der Waals surface area contributed by atoms with Crippen molar-refractivity contribution in [2.75, 3.05) is 0 Å². The standard InChI is InChI=1S/C20H23N3O5/c1-13(28-17-8-6-5-7-16(17)23(26)27)18(24)21-22-19(25)14-9-11-15(12-10-14)20(2,3)4/h5-13H,1-4H3,(H,21,24)(H,22,25)/t13-/m0/s1. The molecular formula is C20H23N3O5. The topological polar surface area (TPSA) is 111 Å². The molecule has 8 heteroatoms. The number of para-hydroxylation sites is 2. The lowest BCUT2D eigenvalue weighted by Gasteiger charge is -2.19. The zero-order chi connectivity index (χ0) is 20.9. The molecule has 0 radical (unpaired) electrons. The van der Waals surface area contributed by atoms with Crippen LogP contribution in [0.4, 0.5) is 5.69 Å². The summed E-state index contributed by atoms with van der Waals surface area (Å²) in [6.45, 7) is 7.64. The minimum Gasteiger partial charge on any atom is -0.474 e. The maximum absolute atomic E-state index is 12.2. The third kappa shape index (κ3) is 5.29. The molecule has 2 aromatic carbocycles. The highest BCUT2D eigenvalue weighted by Crippen LogP contribution is 2.26. The van der Waals surface area contributed by atoms with Crippen molar-refractivity contribution >= 4 is 17.5 Å². The lowest BCUT2D eigenvalue weighted by atomic mass is 9.87. The molecule has 0 spiro atoms. The first-order valence-electron chi connectivity index (χ1n) is 8.70. The Balaban J connectivity index is 1.94. The number of hydrazine groups is 1. The second kappa shape index (κ2) is 8.51. The number of hydrogen-bond acceptors (Lipinski definition) is 5. The fourth-order valence-electron chi connectivity index (χ4n) is 2.37. The van der Waals surface area contributed by atoms with Crippen molar-refractivity contribution in [2.24, 2.45) is 0 Å². The molecule has 2 amide bonds. The van der Waals surface area contributed by atoms with Crippen LogP contribution in [-0.4, -0.2) is 22.8 Å². The number of nitrogens with zero attached hydrogens (tertiary/aromatic N) is 1. The van der Waals surface area contributed by atoms with Gasteiger partial charge in [-0.15, -0.1) is 0 Å². The summed E-state index contributed by atoms with van der Waals surface area (Å²) in [5.74, 6) is -1.15. The predicted octanol–water partition coefficient (Wildman–Crippen LogP) is 3.12. The molecule has 2 rings (SSSR count). The summed E-state index contributed by atoms with van der Waals surface area (Å²) >= 11 is 0. The summed E-state index contributed by atoms with van der Waals surface area (Å²) in [5, 5.41) is 11.0. The monoisotopic (exact) mass is 385 g/mol. The molecule has 148 valence electrons. The van der Waals surface area contributed by atoms with Crippen molar-refractivity contribution in [1.29, 1.82) is 0 Å². The van der Waals surface area contributed by atoms with Crippen molar-refractivity contribution in [3.8, 4) is 5.75 Å². The molecule has 2 N–H and O–H groups in total. The normalized spacial score (nSPS) is 12.0. The number of amides is 2. The average Bonchev–Trinajstić information content (AvgIpc) is 2.65. The van der Waals surface area contributed by atoms with Gasteiger partial charge in [0.2, 0.25) is 0 Å². The molecule has 28 heavy (non-hydrogen) atoms. The van der Waals surface area contributed by atoms with Crippen LogP contribution in [0.25, 0.3) is 0 Å². The number of carbonyl (C=O) groups excluding carboxylic acids is 2. The van der Waals surface area contributed by atoms with E-state index in [1.165, 1.54) is 25.1 Å². The number of nitro groups is 1. The van der Waals surface area contributed by atoms with E-state index in [9.17, 15) is 19.7 Å². The summed E-state index contributed by atoms with van der Waals surface area (Å²) in [6, 6.07) is 12.8.